The standard InChI is InChI=1S/C15H24N2O3/c1-5-7-15-8-6-11(18)9-17(15)13(19)12(10(2)3)16-14(15)20-4/h10,12H,5-9H2,1-4H3/t12-,15+/m1/s1. The average molecular weight is 280 g/mol. The van der Waals surface area contributed by atoms with Crippen LogP contribution in [0.25, 0.3) is 0 Å². The van der Waals surface area contributed by atoms with Crippen LogP contribution in [-0.2, 0) is 14.3 Å². The molecule has 20 heavy (non-hydrogen) atoms. The molecular formula is C15H24N2O3. The second kappa shape index (κ2) is 5.54. The maximum atomic E-state index is 12.7. The van der Waals surface area contributed by atoms with Crippen LogP contribution in [0.3, 0.4) is 0 Å². The lowest BCUT2D eigenvalue weighted by Crippen LogP contribution is -2.66. The number of carbonyl (C=O) groups is 2. The van der Waals surface area contributed by atoms with E-state index in [0.29, 0.717) is 18.7 Å². The number of amides is 1. The van der Waals surface area contributed by atoms with E-state index in [2.05, 4.69) is 11.9 Å². The molecule has 112 valence electrons. The topological polar surface area (TPSA) is 59.0 Å². The van der Waals surface area contributed by atoms with Crippen molar-refractivity contribution in [1.29, 1.82) is 0 Å². The number of hydrogen-bond donors (Lipinski definition) is 0. The van der Waals surface area contributed by atoms with Crippen LogP contribution in [0, 0.1) is 5.92 Å². The molecule has 0 spiro atoms. The van der Waals surface area contributed by atoms with Gasteiger partial charge in [-0.3, -0.25) is 9.59 Å². The highest BCUT2D eigenvalue weighted by Gasteiger charge is 2.53. The fraction of sp³-hybridized carbons (Fsp3) is 0.800. The largest absolute Gasteiger partial charge is 0.483 e. The number of Topliss-reactive ketones (excluding diaryl/α,β-unsaturated/α-hetero) is 1. The Morgan fingerprint density at radius 3 is 2.70 bits per heavy atom. The Labute approximate surface area is 120 Å². The molecule has 2 aliphatic rings. The molecule has 0 aromatic heterocycles. The molecule has 0 radical (unpaired) electrons. The van der Waals surface area contributed by atoms with Crippen molar-refractivity contribution in [2.75, 3.05) is 13.7 Å². The number of nitrogens with zero attached hydrogens (tertiary/aromatic N) is 2. The molecule has 1 amide bonds. The molecule has 1 fully saturated rings. The predicted molar refractivity (Wildman–Crippen MR) is 76.7 cm³/mol. The molecular weight excluding hydrogens is 256 g/mol. The van der Waals surface area contributed by atoms with Crippen LogP contribution in [0.4, 0.5) is 0 Å². The molecule has 2 heterocycles. The lowest BCUT2D eigenvalue weighted by molar-refractivity contribution is -0.147. The number of aliphatic imine (C=N–C) groups is 1. The SMILES string of the molecule is CCC[C@@]12CCC(=O)CN1C(=O)[C@@H](C(C)C)N=C2OC. The highest BCUT2D eigenvalue weighted by Crippen LogP contribution is 2.38. The van der Waals surface area contributed by atoms with E-state index in [4.69, 9.17) is 4.74 Å². The molecule has 0 saturated carbocycles. The zero-order chi connectivity index (χ0) is 14.9. The van der Waals surface area contributed by atoms with Crippen molar-refractivity contribution in [3.63, 3.8) is 0 Å². The summed E-state index contributed by atoms with van der Waals surface area (Å²) in [4.78, 5) is 30.8. The van der Waals surface area contributed by atoms with Gasteiger partial charge in [0.2, 0.25) is 11.8 Å². The van der Waals surface area contributed by atoms with Gasteiger partial charge in [0, 0.05) is 6.42 Å². The predicted octanol–water partition coefficient (Wildman–Crippen LogP) is 1.80. The lowest BCUT2D eigenvalue weighted by Gasteiger charge is -2.50. The third-order valence-electron chi connectivity index (χ3n) is 4.33. The van der Waals surface area contributed by atoms with E-state index in [1.807, 2.05) is 13.8 Å². The van der Waals surface area contributed by atoms with Gasteiger partial charge in [-0.05, 0) is 18.8 Å². The fourth-order valence-electron chi connectivity index (χ4n) is 3.32. The Hall–Kier alpha value is -1.39. The number of piperidine rings is 1. The first-order valence-corrected chi connectivity index (χ1v) is 7.41. The summed E-state index contributed by atoms with van der Waals surface area (Å²) in [6, 6.07) is -0.430. The quantitative estimate of drug-likeness (QED) is 0.792. The van der Waals surface area contributed by atoms with Crippen LogP contribution in [0.2, 0.25) is 0 Å². The highest BCUT2D eigenvalue weighted by molar-refractivity contribution is 6.02. The first kappa shape index (κ1) is 15.0. The Kier molecular flexibility index (Phi) is 4.16. The van der Waals surface area contributed by atoms with Crippen molar-refractivity contribution < 1.29 is 14.3 Å². The summed E-state index contributed by atoms with van der Waals surface area (Å²) in [5.41, 5.74) is -0.500. The normalized spacial score (nSPS) is 30.4. The molecule has 2 atom stereocenters. The van der Waals surface area contributed by atoms with Crippen molar-refractivity contribution >= 4 is 17.6 Å². The molecule has 0 N–H and O–H groups in total. The van der Waals surface area contributed by atoms with Crippen LogP contribution in [0.1, 0.15) is 46.5 Å². The monoisotopic (exact) mass is 280 g/mol. The van der Waals surface area contributed by atoms with E-state index in [-0.39, 0.29) is 24.2 Å². The number of hydrogen-bond acceptors (Lipinski definition) is 4. The van der Waals surface area contributed by atoms with Crippen molar-refractivity contribution in [3.8, 4) is 0 Å². The lowest BCUT2D eigenvalue weighted by atomic mass is 9.79. The smallest absolute Gasteiger partial charge is 0.249 e. The van der Waals surface area contributed by atoms with Gasteiger partial charge in [0.1, 0.15) is 11.6 Å². The van der Waals surface area contributed by atoms with Crippen LogP contribution in [0.5, 0.6) is 0 Å². The van der Waals surface area contributed by atoms with Crippen molar-refractivity contribution in [2.24, 2.45) is 10.9 Å². The summed E-state index contributed by atoms with van der Waals surface area (Å²) in [5, 5.41) is 0. The first-order chi connectivity index (χ1) is 9.46. The first-order valence-electron chi connectivity index (χ1n) is 7.41. The van der Waals surface area contributed by atoms with E-state index in [1.54, 1.807) is 12.0 Å². The zero-order valence-electron chi connectivity index (χ0n) is 12.8. The summed E-state index contributed by atoms with van der Waals surface area (Å²) >= 11 is 0. The van der Waals surface area contributed by atoms with Gasteiger partial charge in [-0.15, -0.1) is 0 Å². The number of ketones is 1. The van der Waals surface area contributed by atoms with Gasteiger partial charge in [0.25, 0.3) is 0 Å². The van der Waals surface area contributed by atoms with Crippen molar-refractivity contribution in [1.82, 2.24) is 4.90 Å². The third-order valence-corrected chi connectivity index (χ3v) is 4.33. The van der Waals surface area contributed by atoms with Gasteiger partial charge in [-0.25, -0.2) is 4.99 Å². The Balaban J connectivity index is 2.49. The third kappa shape index (κ3) is 2.23. The van der Waals surface area contributed by atoms with Crippen molar-refractivity contribution in [3.05, 3.63) is 0 Å². The highest BCUT2D eigenvalue weighted by atomic mass is 16.5. The minimum atomic E-state index is -0.500. The van der Waals surface area contributed by atoms with Gasteiger partial charge in [-0.1, -0.05) is 27.2 Å². The zero-order valence-corrected chi connectivity index (χ0v) is 12.8. The summed E-state index contributed by atoms with van der Waals surface area (Å²) in [6.45, 7) is 6.22. The summed E-state index contributed by atoms with van der Waals surface area (Å²) in [5.74, 6) is 0.835. The number of ether oxygens (including phenoxy) is 1. The van der Waals surface area contributed by atoms with Crippen molar-refractivity contribution in [2.45, 2.75) is 58.0 Å². The van der Waals surface area contributed by atoms with Crippen LogP contribution >= 0.6 is 0 Å². The number of methoxy groups -OCH3 is 1. The molecule has 0 aliphatic carbocycles. The summed E-state index contributed by atoms with van der Waals surface area (Å²) < 4.78 is 5.53. The fourth-order valence-corrected chi connectivity index (χ4v) is 3.32. The van der Waals surface area contributed by atoms with Gasteiger partial charge >= 0.3 is 0 Å². The number of fused-ring (bicyclic) bond motifs is 1. The van der Waals surface area contributed by atoms with Gasteiger partial charge < -0.3 is 9.64 Å². The van der Waals surface area contributed by atoms with E-state index in [9.17, 15) is 9.59 Å². The molecule has 5 heteroatoms. The van der Waals surface area contributed by atoms with Crippen LogP contribution in [-0.4, -0.2) is 47.7 Å². The minimum absolute atomic E-state index is 0.0256. The molecule has 0 bridgehead atoms. The van der Waals surface area contributed by atoms with Crippen LogP contribution < -0.4 is 0 Å². The van der Waals surface area contributed by atoms with Crippen LogP contribution in [0.15, 0.2) is 4.99 Å². The van der Waals surface area contributed by atoms with E-state index < -0.39 is 11.6 Å². The number of carbonyl (C=O) groups excluding carboxylic acids is 2. The molecule has 0 aromatic rings. The minimum Gasteiger partial charge on any atom is -0.483 e. The molecule has 0 unspecified atom stereocenters. The summed E-state index contributed by atoms with van der Waals surface area (Å²) in [7, 11) is 1.61. The Bertz CT molecular complexity index is 444. The molecule has 0 aromatic carbocycles. The Morgan fingerprint density at radius 2 is 2.15 bits per heavy atom. The Morgan fingerprint density at radius 1 is 1.45 bits per heavy atom. The van der Waals surface area contributed by atoms with E-state index in [1.165, 1.54) is 0 Å². The van der Waals surface area contributed by atoms with Gasteiger partial charge in [-0.2, -0.15) is 0 Å². The maximum Gasteiger partial charge on any atom is 0.249 e. The second-order valence-electron chi connectivity index (χ2n) is 6.07. The second-order valence-corrected chi connectivity index (χ2v) is 6.07. The van der Waals surface area contributed by atoms with Gasteiger partial charge in [0.15, 0.2) is 5.78 Å². The maximum absolute atomic E-state index is 12.7. The molecule has 2 rings (SSSR count). The van der Waals surface area contributed by atoms with E-state index >= 15 is 0 Å². The number of rotatable bonds is 3. The molecule has 2 aliphatic heterocycles. The molecule has 1 saturated heterocycles. The van der Waals surface area contributed by atoms with Gasteiger partial charge in [0.05, 0.1) is 13.7 Å². The van der Waals surface area contributed by atoms with E-state index in [0.717, 1.165) is 12.8 Å². The molecule has 5 nitrogen and oxygen atoms in total. The average Bonchev–Trinajstić information content (AvgIpc) is 2.41. The summed E-state index contributed by atoms with van der Waals surface area (Å²) in [6.07, 6.45) is 2.84.